The Labute approximate surface area is 164 Å². The molecule has 2 aromatic rings. The highest BCUT2D eigenvalue weighted by Gasteiger charge is 2.48. The number of nitrogens with zero attached hydrogens (tertiary/aromatic N) is 5. The number of rotatable bonds is 7. The molecule has 154 valence electrons. The number of carbonyl (C=O) groups excluding carboxylic acids is 1. The van der Waals surface area contributed by atoms with Crippen molar-refractivity contribution in [3.63, 3.8) is 0 Å². The summed E-state index contributed by atoms with van der Waals surface area (Å²) in [6.45, 7) is 1.17. The molecule has 0 aliphatic rings. The Hall–Kier alpha value is -2.18. The van der Waals surface area contributed by atoms with Crippen molar-refractivity contribution in [1.82, 2.24) is 19.1 Å². The van der Waals surface area contributed by atoms with E-state index in [9.17, 15) is 26.4 Å². The predicted molar refractivity (Wildman–Crippen MR) is 96.6 cm³/mol. The van der Waals surface area contributed by atoms with Crippen molar-refractivity contribution in [2.24, 2.45) is 0 Å². The summed E-state index contributed by atoms with van der Waals surface area (Å²) in [6.07, 6.45) is 4.12. The van der Waals surface area contributed by atoms with E-state index in [1.807, 2.05) is 0 Å². The number of hydrogen-bond donors (Lipinski definition) is 0. The third-order valence-corrected chi connectivity index (χ3v) is 5.67. The number of halogens is 4. The summed E-state index contributed by atoms with van der Waals surface area (Å²) in [5.41, 5.74) is -4.59. The summed E-state index contributed by atoms with van der Waals surface area (Å²) in [5, 5.41) is 4.10. The first-order valence-corrected chi connectivity index (χ1v) is 9.79. The molecular weight excluding hydrogens is 423 g/mol. The van der Waals surface area contributed by atoms with Crippen molar-refractivity contribution < 1.29 is 26.4 Å². The van der Waals surface area contributed by atoms with Gasteiger partial charge in [-0.05, 0) is 19.1 Å². The van der Waals surface area contributed by atoms with Crippen molar-refractivity contribution in [1.29, 1.82) is 0 Å². The SMILES string of the molecule is CCN(C(=O)CCN(C)S(=O)(=O)C(F)(F)F)c1cn(-c2cccnc2)nc1Cl. The molecular formula is C15H17ClF3N5O3S. The number of alkyl halides is 3. The van der Waals surface area contributed by atoms with Crippen LogP contribution < -0.4 is 4.90 Å². The van der Waals surface area contributed by atoms with E-state index >= 15 is 0 Å². The Balaban J connectivity index is 2.15. The van der Waals surface area contributed by atoms with Gasteiger partial charge in [0.1, 0.15) is 5.69 Å². The molecule has 0 saturated carbocycles. The zero-order valence-electron chi connectivity index (χ0n) is 14.9. The average Bonchev–Trinajstić information content (AvgIpc) is 3.01. The minimum atomic E-state index is -5.50. The van der Waals surface area contributed by atoms with E-state index in [4.69, 9.17) is 11.6 Å². The second-order valence-corrected chi connectivity index (χ2v) is 8.02. The van der Waals surface area contributed by atoms with Crippen molar-refractivity contribution in [3.8, 4) is 5.69 Å². The van der Waals surface area contributed by atoms with E-state index in [0.29, 0.717) is 5.69 Å². The lowest BCUT2D eigenvalue weighted by atomic mass is 10.3. The average molecular weight is 440 g/mol. The maximum Gasteiger partial charge on any atom is 0.511 e. The van der Waals surface area contributed by atoms with Gasteiger partial charge in [0, 0.05) is 32.8 Å². The Morgan fingerprint density at radius 2 is 2.04 bits per heavy atom. The Morgan fingerprint density at radius 3 is 2.57 bits per heavy atom. The molecule has 13 heteroatoms. The molecule has 0 N–H and O–H groups in total. The number of amides is 1. The number of aromatic nitrogens is 3. The van der Waals surface area contributed by atoms with Crippen LogP contribution in [-0.4, -0.2) is 59.0 Å². The normalized spacial score (nSPS) is 12.4. The zero-order chi connectivity index (χ0) is 21.1. The smallest absolute Gasteiger partial charge is 0.308 e. The summed E-state index contributed by atoms with van der Waals surface area (Å²) in [4.78, 5) is 17.6. The summed E-state index contributed by atoms with van der Waals surface area (Å²) in [5.74, 6) is -0.598. The molecule has 0 saturated heterocycles. The lowest BCUT2D eigenvalue weighted by molar-refractivity contribution is -0.118. The Kier molecular flexibility index (Phi) is 6.67. The number of pyridine rings is 1. The number of carbonyl (C=O) groups is 1. The summed E-state index contributed by atoms with van der Waals surface area (Å²) in [7, 11) is -4.73. The minimum absolute atomic E-state index is 0.00956. The fourth-order valence-electron chi connectivity index (χ4n) is 2.31. The largest absolute Gasteiger partial charge is 0.511 e. The highest BCUT2D eigenvalue weighted by molar-refractivity contribution is 7.89. The van der Waals surface area contributed by atoms with Crippen molar-refractivity contribution in [2.45, 2.75) is 18.9 Å². The molecule has 0 unspecified atom stereocenters. The van der Waals surface area contributed by atoms with Gasteiger partial charge in [-0.3, -0.25) is 9.78 Å². The van der Waals surface area contributed by atoms with Crippen LogP contribution in [-0.2, 0) is 14.8 Å². The number of sulfonamides is 1. The van der Waals surface area contributed by atoms with Crippen LogP contribution in [0.2, 0.25) is 5.15 Å². The first-order chi connectivity index (χ1) is 13.0. The van der Waals surface area contributed by atoms with Crippen LogP contribution in [0.1, 0.15) is 13.3 Å². The molecule has 0 atom stereocenters. The van der Waals surface area contributed by atoms with E-state index in [0.717, 1.165) is 7.05 Å². The van der Waals surface area contributed by atoms with Gasteiger partial charge in [-0.1, -0.05) is 11.6 Å². The van der Waals surface area contributed by atoms with Crippen LogP contribution in [0.5, 0.6) is 0 Å². The van der Waals surface area contributed by atoms with Crippen LogP contribution in [0.3, 0.4) is 0 Å². The van der Waals surface area contributed by atoms with Gasteiger partial charge < -0.3 is 4.90 Å². The highest BCUT2D eigenvalue weighted by Crippen LogP contribution is 2.28. The van der Waals surface area contributed by atoms with E-state index in [1.54, 1.807) is 25.3 Å². The lowest BCUT2D eigenvalue weighted by Gasteiger charge is -2.22. The van der Waals surface area contributed by atoms with Crippen LogP contribution >= 0.6 is 11.6 Å². The lowest BCUT2D eigenvalue weighted by Crippen LogP contribution is -2.40. The first-order valence-electron chi connectivity index (χ1n) is 7.97. The van der Waals surface area contributed by atoms with Crippen molar-refractivity contribution >= 4 is 33.2 Å². The van der Waals surface area contributed by atoms with E-state index in [-0.39, 0.29) is 21.7 Å². The van der Waals surface area contributed by atoms with E-state index < -0.39 is 34.4 Å². The summed E-state index contributed by atoms with van der Waals surface area (Å²) in [6, 6.07) is 3.40. The molecule has 0 bridgehead atoms. The van der Waals surface area contributed by atoms with E-state index in [2.05, 4.69) is 10.1 Å². The molecule has 0 spiro atoms. The third-order valence-electron chi connectivity index (χ3n) is 3.81. The topological polar surface area (TPSA) is 88.4 Å². The highest BCUT2D eigenvalue weighted by atomic mass is 35.5. The van der Waals surface area contributed by atoms with Gasteiger partial charge in [0.25, 0.3) is 0 Å². The van der Waals surface area contributed by atoms with Crippen LogP contribution in [0, 0.1) is 0 Å². The third kappa shape index (κ3) is 4.62. The van der Waals surface area contributed by atoms with Crippen molar-refractivity contribution in [2.75, 3.05) is 25.0 Å². The van der Waals surface area contributed by atoms with Crippen LogP contribution in [0.4, 0.5) is 18.9 Å². The summed E-state index contributed by atoms with van der Waals surface area (Å²) < 4.78 is 61.8. The molecule has 2 aromatic heterocycles. The van der Waals surface area contributed by atoms with Crippen molar-refractivity contribution in [3.05, 3.63) is 35.9 Å². The molecule has 0 radical (unpaired) electrons. The van der Waals surface area contributed by atoms with Crippen LogP contribution in [0.15, 0.2) is 30.7 Å². The molecule has 0 fully saturated rings. The Bertz CT molecular complexity index is 934. The quantitative estimate of drug-likeness (QED) is 0.661. The Morgan fingerprint density at radius 1 is 1.36 bits per heavy atom. The monoisotopic (exact) mass is 439 g/mol. The molecule has 2 heterocycles. The van der Waals surface area contributed by atoms with Gasteiger partial charge in [0.2, 0.25) is 5.91 Å². The first kappa shape index (κ1) is 22.1. The van der Waals surface area contributed by atoms with Gasteiger partial charge in [-0.15, -0.1) is 0 Å². The molecule has 2 rings (SSSR count). The number of anilines is 1. The maximum atomic E-state index is 12.6. The van der Waals surface area contributed by atoms with Crippen LogP contribution in [0.25, 0.3) is 5.69 Å². The molecule has 8 nitrogen and oxygen atoms in total. The maximum absolute atomic E-state index is 12.6. The second-order valence-electron chi connectivity index (χ2n) is 5.62. The van der Waals surface area contributed by atoms with Gasteiger partial charge in [-0.25, -0.2) is 13.1 Å². The molecule has 28 heavy (non-hydrogen) atoms. The predicted octanol–water partition coefficient (Wildman–Crippen LogP) is 2.45. The van der Waals surface area contributed by atoms with Gasteiger partial charge >= 0.3 is 15.5 Å². The van der Waals surface area contributed by atoms with E-state index in [1.165, 1.54) is 22.0 Å². The van der Waals surface area contributed by atoms with Gasteiger partial charge in [-0.2, -0.15) is 22.6 Å². The molecule has 0 aliphatic heterocycles. The molecule has 0 aliphatic carbocycles. The standard InChI is InChI=1S/C15H17ClF3N5O3S/c1-3-23(13(25)6-8-22(2)28(26,27)15(17,18)19)12-10-24(21-14(12)16)11-5-4-7-20-9-11/h4-5,7,9-10H,3,6,8H2,1-2H3. The zero-order valence-corrected chi connectivity index (χ0v) is 16.5. The minimum Gasteiger partial charge on any atom is -0.308 e. The van der Waals surface area contributed by atoms with Gasteiger partial charge in [0.15, 0.2) is 5.15 Å². The second kappa shape index (κ2) is 8.45. The summed E-state index contributed by atoms with van der Waals surface area (Å²) >= 11 is 6.11. The fraction of sp³-hybridized carbons (Fsp3) is 0.400. The number of hydrogen-bond acceptors (Lipinski definition) is 5. The molecule has 1 amide bonds. The van der Waals surface area contributed by atoms with Gasteiger partial charge in [0.05, 0.1) is 18.1 Å². The fourth-order valence-corrected chi connectivity index (χ4v) is 3.23. The molecule has 0 aromatic carbocycles.